The van der Waals surface area contributed by atoms with Gasteiger partial charge in [0, 0.05) is 6.92 Å². The monoisotopic (exact) mass is 384 g/mol. The molecule has 2 saturated heterocycles. The lowest BCUT2D eigenvalue weighted by atomic mass is 9.60. The summed E-state index contributed by atoms with van der Waals surface area (Å²) in [5.41, 5.74) is 1.26. The molecule has 1 amide bonds. The van der Waals surface area contributed by atoms with Gasteiger partial charge >= 0.3 is 0 Å². The van der Waals surface area contributed by atoms with Crippen LogP contribution in [0, 0.1) is 5.92 Å². The molecule has 0 radical (unpaired) electrons. The minimum Gasteiger partial charge on any atom is -0.503 e. The SMILES string of the molecule is C/C=C1/C(=O)[C@]23CCN(C)CC[C@H]1C[C@@H]2N(C(C)=O)c1c3ccc(OC)c1O. The normalized spacial score (nSPS) is 31.2. The van der Waals surface area contributed by atoms with Crippen molar-refractivity contribution in [2.24, 2.45) is 5.92 Å². The summed E-state index contributed by atoms with van der Waals surface area (Å²) in [6.07, 6.45) is 4.20. The molecule has 4 aliphatic rings. The number of rotatable bonds is 1. The fourth-order valence-corrected chi connectivity index (χ4v) is 5.59. The molecular weight excluding hydrogens is 356 g/mol. The number of phenols is 1. The fourth-order valence-electron chi connectivity index (χ4n) is 5.59. The molecule has 1 aliphatic carbocycles. The highest BCUT2D eigenvalue weighted by atomic mass is 16.5. The average Bonchev–Trinajstić information content (AvgIpc) is 3.00. The number of nitrogens with zero attached hydrogens (tertiary/aromatic N) is 2. The zero-order valence-electron chi connectivity index (χ0n) is 17.0. The molecule has 1 saturated carbocycles. The summed E-state index contributed by atoms with van der Waals surface area (Å²) in [6, 6.07) is 3.30. The number of allylic oxidation sites excluding steroid dienone is 2. The van der Waals surface area contributed by atoms with Gasteiger partial charge in [0.25, 0.3) is 0 Å². The van der Waals surface area contributed by atoms with Crippen LogP contribution in [0.1, 0.15) is 38.7 Å². The van der Waals surface area contributed by atoms with Crippen molar-refractivity contribution in [3.05, 3.63) is 29.3 Å². The third-order valence-corrected chi connectivity index (χ3v) is 6.95. The van der Waals surface area contributed by atoms with Crippen molar-refractivity contribution in [2.45, 2.75) is 44.6 Å². The van der Waals surface area contributed by atoms with Gasteiger partial charge in [0.05, 0.1) is 24.3 Å². The second kappa shape index (κ2) is 6.62. The standard InChI is InChI=1S/C22H28N2O4/c1-5-15-14-8-10-23(3)11-9-22(21(15)27)16-6-7-17(28-4)20(26)19(16)24(13(2)25)18(22)12-14/h5-7,14,18,26H,8-12H2,1-4H3/b15-5+/t14-,18-,22-/m0/s1. The molecule has 3 fully saturated rings. The number of ketones is 1. The van der Waals surface area contributed by atoms with Gasteiger partial charge in [0.2, 0.25) is 5.91 Å². The first-order valence-corrected chi connectivity index (χ1v) is 9.96. The van der Waals surface area contributed by atoms with E-state index in [1.807, 2.05) is 19.1 Å². The van der Waals surface area contributed by atoms with Crippen molar-refractivity contribution in [3.8, 4) is 11.5 Å². The quantitative estimate of drug-likeness (QED) is 0.754. The lowest BCUT2D eigenvalue weighted by molar-refractivity contribution is -0.124. The van der Waals surface area contributed by atoms with E-state index in [1.54, 1.807) is 11.0 Å². The van der Waals surface area contributed by atoms with Crippen LogP contribution in [0.15, 0.2) is 23.8 Å². The number of benzene rings is 1. The third-order valence-electron chi connectivity index (χ3n) is 6.95. The van der Waals surface area contributed by atoms with Crippen LogP contribution < -0.4 is 9.64 Å². The molecule has 3 heterocycles. The first-order chi connectivity index (χ1) is 13.4. The third kappa shape index (κ3) is 2.37. The number of hydrogen-bond donors (Lipinski definition) is 1. The minimum absolute atomic E-state index is 0.0548. The van der Waals surface area contributed by atoms with Gasteiger partial charge in [-0.25, -0.2) is 0 Å². The number of hydrogen-bond acceptors (Lipinski definition) is 5. The Bertz CT molecular complexity index is 878. The van der Waals surface area contributed by atoms with Gasteiger partial charge in [0.15, 0.2) is 17.3 Å². The van der Waals surface area contributed by atoms with E-state index in [4.69, 9.17) is 4.74 Å². The van der Waals surface area contributed by atoms with Gasteiger partial charge in [0.1, 0.15) is 0 Å². The number of aromatic hydroxyl groups is 1. The predicted molar refractivity (Wildman–Crippen MR) is 107 cm³/mol. The molecule has 150 valence electrons. The summed E-state index contributed by atoms with van der Waals surface area (Å²) >= 11 is 0. The maximum Gasteiger partial charge on any atom is 0.224 e. The molecule has 1 aromatic carbocycles. The van der Waals surface area contributed by atoms with Crippen molar-refractivity contribution in [1.82, 2.24) is 4.90 Å². The van der Waals surface area contributed by atoms with Crippen LogP contribution >= 0.6 is 0 Å². The Balaban J connectivity index is 2.02. The number of amides is 1. The zero-order chi connectivity index (χ0) is 20.2. The van der Waals surface area contributed by atoms with Crippen molar-refractivity contribution in [2.75, 3.05) is 32.1 Å². The lowest BCUT2D eigenvalue weighted by Crippen LogP contribution is -2.56. The van der Waals surface area contributed by atoms with E-state index in [-0.39, 0.29) is 29.4 Å². The smallest absolute Gasteiger partial charge is 0.224 e. The molecule has 5 rings (SSSR count). The maximum atomic E-state index is 13.9. The lowest BCUT2D eigenvalue weighted by Gasteiger charge is -2.44. The van der Waals surface area contributed by atoms with Crippen LogP contribution in [0.4, 0.5) is 5.69 Å². The van der Waals surface area contributed by atoms with E-state index in [9.17, 15) is 14.7 Å². The zero-order valence-corrected chi connectivity index (χ0v) is 17.0. The molecule has 3 aliphatic heterocycles. The molecule has 6 nitrogen and oxygen atoms in total. The minimum atomic E-state index is -0.818. The number of phenolic OH excluding ortho intramolecular Hbond substituents is 1. The number of Topliss-reactive ketones (excluding diaryl/α,β-unsaturated/α-hetero) is 1. The Morgan fingerprint density at radius 2 is 2.11 bits per heavy atom. The molecule has 1 aromatic rings. The highest BCUT2D eigenvalue weighted by Crippen LogP contribution is 2.59. The van der Waals surface area contributed by atoms with Crippen LogP contribution in [-0.4, -0.2) is 55.0 Å². The van der Waals surface area contributed by atoms with Gasteiger partial charge in [-0.1, -0.05) is 12.1 Å². The van der Waals surface area contributed by atoms with Crippen LogP contribution in [0.3, 0.4) is 0 Å². The molecule has 0 aromatic heterocycles. The van der Waals surface area contributed by atoms with E-state index < -0.39 is 5.41 Å². The Morgan fingerprint density at radius 1 is 1.36 bits per heavy atom. The fraction of sp³-hybridized carbons (Fsp3) is 0.545. The summed E-state index contributed by atoms with van der Waals surface area (Å²) in [7, 11) is 3.57. The average molecular weight is 384 g/mol. The molecular formula is C22H28N2O4. The largest absolute Gasteiger partial charge is 0.503 e. The molecule has 3 atom stereocenters. The molecule has 0 unspecified atom stereocenters. The summed E-state index contributed by atoms with van der Waals surface area (Å²) in [5.74, 6) is 0.344. The molecule has 1 spiro atoms. The maximum absolute atomic E-state index is 13.9. The number of carbonyl (C=O) groups excluding carboxylic acids is 2. The van der Waals surface area contributed by atoms with E-state index >= 15 is 0 Å². The van der Waals surface area contributed by atoms with Crippen LogP contribution in [0.25, 0.3) is 0 Å². The number of anilines is 1. The van der Waals surface area contributed by atoms with Crippen LogP contribution in [-0.2, 0) is 15.0 Å². The number of carbonyl (C=O) groups is 2. The molecule has 6 heteroatoms. The Kier molecular flexibility index (Phi) is 4.49. The van der Waals surface area contributed by atoms with Crippen molar-refractivity contribution in [3.63, 3.8) is 0 Å². The first-order valence-electron chi connectivity index (χ1n) is 9.96. The Hall–Kier alpha value is -2.34. The summed E-state index contributed by atoms with van der Waals surface area (Å²) in [5, 5.41) is 10.9. The second-order valence-corrected chi connectivity index (χ2v) is 8.24. The summed E-state index contributed by atoms with van der Waals surface area (Å²) < 4.78 is 5.29. The molecule has 1 N–H and O–H groups in total. The van der Waals surface area contributed by atoms with E-state index in [0.29, 0.717) is 17.9 Å². The predicted octanol–water partition coefficient (Wildman–Crippen LogP) is 2.63. The van der Waals surface area contributed by atoms with E-state index in [1.165, 1.54) is 14.0 Å². The number of ether oxygens (including phenoxy) is 1. The van der Waals surface area contributed by atoms with Crippen molar-refractivity contribution >= 4 is 17.4 Å². The summed E-state index contributed by atoms with van der Waals surface area (Å²) in [6.45, 7) is 5.14. The number of fused-ring (bicyclic) bond motifs is 6. The van der Waals surface area contributed by atoms with Crippen molar-refractivity contribution in [1.29, 1.82) is 0 Å². The number of methoxy groups -OCH3 is 1. The first kappa shape index (κ1) is 19.0. The van der Waals surface area contributed by atoms with Gasteiger partial charge in [-0.3, -0.25) is 9.59 Å². The van der Waals surface area contributed by atoms with E-state index in [2.05, 4.69) is 11.9 Å². The van der Waals surface area contributed by atoms with Crippen molar-refractivity contribution < 1.29 is 19.4 Å². The van der Waals surface area contributed by atoms with E-state index in [0.717, 1.165) is 37.1 Å². The van der Waals surface area contributed by atoms with Crippen LogP contribution in [0.5, 0.6) is 11.5 Å². The van der Waals surface area contributed by atoms with Gasteiger partial charge in [-0.05, 0) is 69.4 Å². The molecule has 2 bridgehead atoms. The topological polar surface area (TPSA) is 70.1 Å². The van der Waals surface area contributed by atoms with Gasteiger partial charge < -0.3 is 19.6 Å². The highest BCUT2D eigenvalue weighted by Gasteiger charge is 2.61. The molecule has 28 heavy (non-hydrogen) atoms. The van der Waals surface area contributed by atoms with Crippen LogP contribution in [0.2, 0.25) is 0 Å². The van der Waals surface area contributed by atoms with Gasteiger partial charge in [-0.15, -0.1) is 0 Å². The highest BCUT2D eigenvalue weighted by molar-refractivity contribution is 6.12. The second-order valence-electron chi connectivity index (χ2n) is 8.24. The Morgan fingerprint density at radius 3 is 2.75 bits per heavy atom. The summed E-state index contributed by atoms with van der Waals surface area (Å²) in [4.78, 5) is 30.6. The van der Waals surface area contributed by atoms with Gasteiger partial charge in [-0.2, -0.15) is 0 Å². The Labute approximate surface area is 165 Å².